The predicted octanol–water partition coefficient (Wildman–Crippen LogP) is 3.98. The van der Waals surface area contributed by atoms with Gasteiger partial charge in [-0.2, -0.15) is 0 Å². The highest BCUT2D eigenvalue weighted by atomic mass is 14.8. The van der Waals surface area contributed by atoms with Gasteiger partial charge in [-0.15, -0.1) is 0 Å². The summed E-state index contributed by atoms with van der Waals surface area (Å²) in [7, 11) is 0. The van der Waals surface area contributed by atoms with Crippen LogP contribution in [0.5, 0.6) is 0 Å². The topological polar surface area (TPSA) is 12.0 Å². The van der Waals surface area contributed by atoms with Crippen LogP contribution in [-0.2, 0) is 0 Å². The lowest BCUT2D eigenvalue weighted by Gasteiger charge is -2.18. The molecule has 0 unspecified atom stereocenters. The van der Waals surface area contributed by atoms with Crippen molar-refractivity contribution in [2.24, 2.45) is 11.3 Å². The molecule has 1 rings (SSSR count). The summed E-state index contributed by atoms with van der Waals surface area (Å²) in [5.74, 6) is 1.06. The predicted molar refractivity (Wildman–Crippen MR) is 68.1 cm³/mol. The molecule has 0 bridgehead atoms. The Morgan fingerprint density at radius 3 is 2.33 bits per heavy atom. The lowest BCUT2D eigenvalue weighted by Crippen LogP contribution is -2.21. The first-order valence-corrected chi connectivity index (χ1v) is 6.79. The summed E-state index contributed by atoms with van der Waals surface area (Å²) in [5, 5.41) is 3.57. The van der Waals surface area contributed by atoms with E-state index in [1.807, 2.05) is 0 Å². The largest absolute Gasteiger partial charge is 0.317 e. The van der Waals surface area contributed by atoms with Gasteiger partial charge in [0.05, 0.1) is 0 Å². The molecule has 0 amide bonds. The number of rotatable bonds is 6. The van der Waals surface area contributed by atoms with Crippen molar-refractivity contribution in [3.05, 3.63) is 0 Å². The van der Waals surface area contributed by atoms with Crippen LogP contribution in [0.2, 0.25) is 0 Å². The van der Waals surface area contributed by atoms with Crippen LogP contribution in [0, 0.1) is 11.3 Å². The van der Waals surface area contributed by atoms with Crippen molar-refractivity contribution in [3.8, 4) is 0 Å². The fourth-order valence-electron chi connectivity index (χ4n) is 2.40. The Balaban J connectivity index is 1.84. The average Bonchev–Trinajstić information content (AvgIpc) is 2.61. The lowest BCUT2D eigenvalue weighted by molar-refractivity contribution is 0.363. The molecule has 0 saturated heterocycles. The molecule has 15 heavy (non-hydrogen) atoms. The maximum Gasteiger partial charge on any atom is -0.00439 e. The fraction of sp³-hybridized carbons (Fsp3) is 1.00. The van der Waals surface area contributed by atoms with Crippen molar-refractivity contribution in [2.75, 3.05) is 13.1 Å². The third kappa shape index (κ3) is 6.94. The molecule has 1 aliphatic carbocycles. The Bertz CT molecular complexity index is 151. The molecule has 0 heterocycles. The molecule has 0 radical (unpaired) electrons. The molecule has 0 atom stereocenters. The van der Waals surface area contributed by atoms with Gasteiger partial charge in [0.2, 0.25) is 0 Å². The zero-order chi connectivity index (χ0) is 11.1. The highest BCUT2D eigenvalue weighted by molar-refractivity contribution is 4.68. The van der Waals surface area contributed by atoms with E-state index >= 15 is 0 Å². The number of hydrogen-bond acceptors (Lipinski definition) is 1. The molecule has 0 aromatic rings. The second-order valence-corrected chi connectivity index (χ2v) is 6.35. The highest BCUT2D eigenvalue weighted by Gasteiger charge is 2.14. The van der Waals surface area contributed by atoms with E-state index in [9.17, 15) is 0 Å². The van der Waals surface area contributed by atoms with E-state index in [-0.39, 0.29) is 0 Å². The van der Waals surface area contributed by atoms with E-state index in [0.29, 0.717) is 5.41 Å². The van der Waals surface area contributed by atoms with Crippen molar-refractivity contribution in [1.82, 2.24) is 5.32 Å². The molecule has 0 spiro atoms. The second kappa shape index (κ2) is 6.52. The van der Waals surface area contributed by atoms with Crippen LogP contribution in [0.4, 0.5) is 0 Å². The van der Waals surface area contributed by atoms with Crippen LogP contribution >= 0.6 is 0 Å². The van der Waals surface area contributed by atoms with Gasteiger partial charge in [-0.05, 0) is 43.7 Å². The summed E-state index contributed by atoms with van der Waals surface area (Å²) in [6.45, 7) is 9.36. The Hall–Kier alpha value is -0.0400. The van der Waals surface area contributed by atoms with Gasteiger partial charge >= 0.3 is 0 Å². The second-order valence-electron chi connectivity index (χ2n) is 6.35. The molecular weight excluding hydrogens is 182 g/mol. The number of hydrogen-bond donors (Lipinski definition) is 1. The molecule has 1 saturated carbocycles. The normalized spacial score (nSPS) is 18.6. The van der Waals surface area contributed by atoms with Crippen LogP contribution in [0.1, 0.15) is 65.7 Å². The van der Waals surface area contributed by atoms with Gasteiger partial charge in [-0.25, -0.2) is 0 Å². The highest BCUT2D eigenvalue weighted by Crippen LogP contribution is 2.28. The van der Waals surface area contributed by atoms with E-state index in [0.717, 1.165) is 5.92 Å². The summed E-state index contributed by atoms with van der Waals surface area (Å²) >= 11 is 0. The smallest absolute Gasteiger partial charge is 0.00439 e. The molecule has 1 nitrogen and oxygen atoms in total. The summed E-state index contributed by atoms with van der Waals surface area (Å²) in [6, 6.07) is 0. The quantitative estimate of drug-likeness (QED) is 0.655. The van der Waals surface area contributed by atoms with E-state index < -0.39 is 0 Å². The van der Waals surface area contributed by atoms with E-state index in [2.05, 4.69) is 26.1 Å². The van der Waals surface area contributed by atoms with Crippen molar-refractivity contribution in [2.45, 2.75) is 65.7 Å². The SMILES string of the molecule is CC(C)(C)CCNCCCC1CCCC1. The summed E-state index contributed by atoms with van der Waals surface area (Å²) < 4.78 is 0. The van der Waals surface area contributed by atoms with E-state index in [1.54, 1.807) is 0 Å². The van der Waals surface area contributed by atoms with Crippen LogP contribution in [-0.4, -0.2) is 13.1 Å². The van der Waals surface area contributed by atoms with Crippen LogP contribution in [0.25, 0.3) is 0 Å². The lowest BCUT2D eigenvalue weighted by atomic mass is 9.92. The molecule has 1 aliphatic rings. The average molecular weight is 211 g/mol. The molecule has 0 aliphatic heterocycles. The van der Waals surface area contributed by atoms with Crippen molar-refractivity contribution < 1.29 is 0 Å². The minimum absolute atomic E-state index is 0.485. The van der Waals surface area contributed by atoms with Crippen molar-refractivity contribution >= 4 is 0 Å². The Morgan fingerprint density at radius 2 is 1.73 bits per heavy atom. The molecule has 90 valence electrons. The molecular formula is C14H29N. The monoisotopic (exact) mass is 211 g/mol. The van der Waals surface area contributed by atoms with Crippen LogP contribution < -0.4 is 5.32 Å². The number of nitrogens with one attached hydrogen (secondary N) is 1. The summed E-state index contributed by atoms with van der Waals surface area (Å²) in [4.78, 5) is 0. The minimum Gasteiger partial charge on any atom is -0.317 e. The molecule has 1 fully saturated rings. The van der Waals surface area contributed by atoms with Gasteiger partial charge in [0.25, 0.3) is 0 Å². The van der Waals surface area contributed by atoms with Gasteiger partial charge in [0.15, 0.2) is 0 Å². The Morgan fingerprint density at radius 1 is 1.07 bits per heavy atom. The first-order valence-electron chi connectivity index (χ1n) is 6.79. The van der Waals surface area contributed by atoms with Gasteiger partial charge in [0, 0.05) is 0 Å². The van der Waals surface area contributed by atoms with E-state index in [1.165, 1.54) is 58.0 Å². The fourth-order valence-corrected chi connectivity index (χ4v) is 2.40. The first-order chi connectivity index (χ1) is 7.08. The molecule has 1 N–H and O–H groups in total. The van der Waals surface area contributed by atoms with Gasteiger partial charge in [0.1, 0.15) is 0 Å². The molecule has 1 heteroatoms. The van der Waals surface area contributed by atoms with Crippen molar-refractivity contribution in [3.63, 3.8) is 0 Å². The minimum atomic E-state index is 0.485. The Kier molecular flexibility index (Phi) is 5.66. The van der Waals surface area contributed by atoms with Crippen molar-refractivity contribution in [1.29, 1.82) is 0 Å². The standard InChI is InChI=1S/C14H29N/c1-14(2,3)10-12-15-11-6-9-13-7-4-5-8-13/h13,15H,4-12H2,1-3H3. The van der Waals surface area contributed by atoms with Crippen LogP contribution in [0.15, 0.2) is 0 Å². The third-order valence-corrected chi connectivity index (χ3v) is 3.49. The zero-order valence-electron chi connectivity index (χ0n) is 10.9. The van der Waals surface area contributed by atoms with E-state index in [4.69, 9.17) is 0 Å². The maximum absolute atomic E-state index is 3.57. The van der Waals surface area contributed by atoms with Gasteiger partial charge in [-0.1, -0.05) is 46.5 Å². The van der Waals surface area contributed by atoms with Crippen LogP contribution in [0.3, 0.4) is 0 Å². The first kappa shape index (κ1) is 13.0. The summed E-state index contributed by atoms with van der Waals surface area (Å²) in [5.41, 5.74) is 0.485. The Labute approximate surface area is 96.0 Å². The summed E-state index contributed by atoms with van der Waals surface area (Å²) in [6.07, 6.45) is 10.1. The molecule has 0 aromatic heterocycles. The van der Waals surface area contributed by atoms with Gasteiger partial charge < -0.3 is 5.32 Å². The van der Waals surface area contributed by atoms with Gasteiger partial charge in [-0.3, -0.25) is 0 Å². The molecule has 0 aromatic carbocycles. The maximum atomic E-state index is 3.57. The zero-order valence-corrected chi connectivity index (χ0v) is 10.9. The third-order valence-electron chi connectivity index (χ3n) is 3.49.